The van der Waals surface area contributed by atoms with E-state index in [1.807, 2.05) is 19.1 Å². The summed E-state index contributed by atoms with van der Waals surface area (Å²) in [6.45, 7) is 1.82. The second-order valence-corrected chi connectivity index (χ2v) is 8.90. The first-order valence-electron chi connectivity index (χ1n) is 8.48. The molecule has 1 aliphatic heterocycles. The molecule has 29 heavy (non-hydrogen) atoms. The molecule has 1 amide bonds. The van der Waals surface area contributed by atoms with E-state index in [0.717, 1.165) is 27.9 Å². The summed E-state index contributed by atoms with van der Waals surface area (Å²) >= 11 is 2.13. The standard InChI is InChI=1S/C19H13F3N2O3S2/c1-8-2-3-10-11(4-8)28-13(6-15(25)26)19(27)24(10)7-14-23-18-12(29-14)5-9(20)16(21)17(18)22/h2-5,13H,6-7H2,1H3,(H,25,26). The molecule has 1 unspecified atom stereocenters. The van der Waals surface area contributed by atoms with Crippen molar-refractivity contribution >= 4 is 50.9 Å². The molecular formula is C19H13F3N2O3S2. The third kappa shape index (κ3) is 3.58. The molecule has 2 aromatic carbocycles. The van der Waals surface area contributed by atoms with Gasteiger partial charge in [-0.3, -0.25) is 9.59 Å². The molecule has 0 fully saturated rings. The molecule has 4 rings (SSSR count). The molecule has 0 saturated heterocycles. The highest BCUT2D eigenvalue weighted by molar-refractivity contribution is 8.01. The summed E-state index contributed by atoms with van der Waals surface area (Å²) in [6, 6.07) is 6.30. The summed E-state index contributed by atoms with van der Waals surface area (Å²) < 4.78 is 41.1. The van der Waals surface area contributed by atoms with Crippen LogP contribution in [0.25, 0.3) is 10.2 Å². The number of hydrogen-bond acceptors (Lipinski definition) is 5. The quantitative estimate of drug-likeness (QED) is 0.608. The van der Waals surface area contributed by atoms with Crippen molar-refractivity contribution in [3.63, 3.8) is 0 Å². The fourth-order valence-electron chi connectivity index (χ4n) is 3.11. The lowest BCUT2D eigenvalue weighted by Crippen LogP contribution is -2.41. The normalized spacial score (nSPS) is 16.3. The van der Waals surface area contributed by atoms with Gasteiger partial charge in [-0.25, -0.2) is 18.2 Å². The lowest BCUT2D eigenvalue weighted by Gasteiger charge is -2.33. The Labute approximate surface area is 171 Å². The van der Waals surface area contributed by atoms with Crippen LogP contribution in [0.5, 0.6) is 0 Å². The average Bonchev–Trinajstić information content (AvgIpc) is 3.05. The largest absolute Gasteiger partial charge is 0.481 e. The van der Waals surface area contributed by atoms with E-state index in [0.29, 0.717) is 5.69 Å². The number of aliphatic carboxylic acids is 1. The van der Waals surface area contributed by atoms with Crippen molar-refractivity contribution in [1.82, 2.24) is 4.98 Å². The molecule has 5 nitrogen and oxygen atoms in total. The first kappa shape index (κ1) is 19.7. The van der Waals surface area contributed by atoms with Gasteiger partial charge in [-0.2, -0.15) is 0 Å². The van der Waals surface area contributed by atoms with Crippen LogP contribution in [0.1, 0.15) is 17.0 Å². The predicted octanol–water partition coefficient (Wildman–Crippen LogP) is 4.50. The number of thioether (sulfide) groups is 1. The van der Waals surface area contributed by atoms with Gasteiger partial charge in [0.05, 0.1) is 28.6 Å². The second kappa shape index (κ2) is 7.34. The molecule has 3 aromatic rings. The molecule has 150 valence electrons. The highest BCUT2D eigenvalue weighted by Gasteiger charge is 2.35. The van der Waals surface area contributed by atoms with Gasteiger partial charge in [0, 0.05) is 4.90 Å². The lowest BCUT2D eigenvalue weighted by molar-refractivity contribution is -0.138. The molecule has 2 heterocycles. The molecule has 0 aliphatic carbocycles. The number of halogens is 3. The van der Waals surface area contributed by atoms with Crippen LogP contribution in [0.4, 0.5) is 18.9 Å². The number of anilines is 1. The predicted molar refractivity (Wildman–Crippen MR) is 104 cm³/mol. The highest BCUT2D eigenvalue weighted by atomic mass is 32.2. The SMILES string of the molecule is Cc1ccc2c(c1)SC(CC(=O)O)C(=O)N2Cc1nc2c(F)c(F)c(F)cc2s1. The molecule has 0 radical (unpaired) electrons. The molecular weight excluding hydrogens is 425 g/mol. The number of rotatable bonds is 4. The zero-order valence-electron chi connectivity index (χ0n) is 14.9. The van der Waals surface area contributed by atoms with Crippen LogP contribution in [0.15, 0.2) is 29.2 Å². The minimum Gasteiger partial charge on any atom is -0.481 e. The van der Waals surface area contributed by atoms with Gasteiger partial charge >= 0.3 is 5.97 Å². The summed E-state index contributed by atoms with van der Waals surface area (Å²) in [5.74, 6) is -5.78. The Morgan fingerprint density at radius 1 is 1.24 bits per heavy atom. The number of carboxylic acids is 1. The van der Waals surface area contributed by atoms with E-state index in [4.69, 9.17) is 5.11 Å². The minimum absolute atomic E-state index is 0.0619. The lowest BCUT2D eigenvalue weighted by atomic mass is 10.1. The van der Waals surface area contributed by atoms with Gasteiger partial charge in [0.1, 0.15) is 10.5 Å². The van der Waals surface area contributed by atoms with Gasteiger partial charge in [0.25, 0.3) is 0 Å². The number of carboxylic acid groups (broad SMARTS) is 1. The number of hydrogen-bond donors (Lipinski definition) is 1. The second-order valence-electron chi connectivity index (χ2n) is 6.54. The number of carbonyl (C=O) groups is 2. The summed E-state index contributed by atoms with van der Waals surface area (Å²) in [5, 5.41) is 8.60. The number of aromatic nitrogens is 1. The van der Waals surface area contributed by atoms with Crippen LogP contribution in [0.2, 0.25) is 0 Å². The van der Waals surface area contributed by atoms with Gasteiger partial charge in [-0.15, -0.1) is 23.1 Å². The van der Waals surface area contributed by atoms with Crippen molar-refractivity contribution in [2.75, 3.05) is 4.90 Å². The van der Waals surface area contributed by atoms with Crippen LogP contribution >= 0.6 is 23.1 Å². The van der Waals surface area contributed by atoms with Gasteiger partial charge in [-0.1, -0.05) is 6.07 Å². The van der Waals surface area contributed by atoms with Crippen molar-refractivity contribution in [2.45, 2.75) is 30.0 Å². The Kier molecular flexibility index (Phi) is 4.99. The fourth-order valence-corrected chi connectivity index (χ4v) is 5.40. The van der Waals surface area contributed by atoms with Crippen LogP contribution in [0.3, 0.4) is 0 Å². The first-order valence-corrected chi connectivity index (χ1v) is 10.2. The summed E-state index contributed by atoms with van der Waals surface area (Å²) in [5.41, 5.74) is 1.24. The summed E-state index contributed by atoms with van der Waals surface area (Å²) in [4.78, 5) is 30.3. The van der Waals surface area contributed by atoms with Crippen LogP contribution < -0.4 is 4.90 Å². The third-order valence-corrected chi connectivity index (χ3v) is 6.66. The zero-order chi connectivity index (χ0) is 20.9. The maximum Gasteiger partial charge on any atom is 0.305 e. The number of amides is 1. The van der Waals surface area contributed by atoms with Crippen molar-refractivity contribution in [1.29, 1.82) is 0 Å². The molecule has 0 spiro atoms. The number of benzene rings is 2. The Morgan fingerprint density at radius 3 is 2.72 bits per heavy atom. The Morgan fingerprint density at radius 2 is 2.00 bits per heavy atom. The smallest absolute Gasteiger partial charge is 0.305 e. The Balaban J connectivity index is 1.75. The first-order chi connectivity index (χ1) is 13.7. The summed E-state index contributed by atoms with van der Waals surface area (Å²) in [6.07, 6.45) is -0.349. The van der Waals surface area contributed by atoms with E-state index in [2.05, 4.69) is 4.98 Å². The van der Waals surface area contributed by atoms with Crippen molar-refractivity contribution in [2.24, 2.45) is 0 Å². The van der Waals surface area contributed by atoms with Crippen molar-refractivity contribution in [3.05, 3.63) is 52.3 Å². The van der Waals surface area contributed by atoms with Gasteiger partial charge in [0.15, 0.2) is 17.5 Å². The van der Waals surface area contributed by atoms with E-state index in [-0.39, 0.29) is 28.2 Å². The molecule has 1 aliphatic rings. The number of aryl methyl sites for hydroxylation is 1. The summed E-state index contributed by atoms with van der Waals surface area (Å²) in [7, 11) is 0. The monoisotopic (exact) mass is 438 g/mol. The van der Waals surface area contributed by atoms with Crippen molar-refractivity contribution < 1.29 is 27.9 Å². The molecule has 1 atom stereocenters. The van der Waals surface area contributed by atoms with Crippen molar-refractivity contribution in [3.8, 4) is 0 Å². The number of nitrogens with zero attached hydrogens (tertiary/aromatic N) is 2. The van der Waals surface area contributed by atoms with Crippen LogP contribution in [0, 0.1) is 24.4 Å². The minimum atomic E-state index is -1.60. The van der Waals surface area contributed by atoms with Gasteiger partial charge in [0.2, 0.25) is 5.91 Å². The third-order valence-electron chi connectivity index (χ3n) is 4.44. The number of fused-ring (bicyclic) bond motifs is 2. The maximum atomic E-state index is 14.0. The average molecular weight is 438 g/mol. The van der Waals surface area contributed by atoms with Crippen LogP contribution in [-0.2, 0) is 16.1 Å². The van der Waals surface area contributed by atoms with E-state index in [9.17, 15) is 22.8 Å². The Hall–Kier alpha value is -2.59. The molecule has 0 bridgehead atoms. The van der Waals surface area contributed by atoms with E-state index >= 15 is 0 Å². The van der Waals surface area contributed by atoms with E-state index < -0.39 is 34.6 Å². The Bertz CT molecular complexity index is 1170. The molecule has 0 saturated carbocycles. The molecule has 1 N–H and O–H groups in total. The van der Waals surface area contributed by atoms with Crippen LogP contribution in [-0.4, -0.2) is 27.2 Å². The fraction of sp³-hybridized carbons (Fsp3) is 0.211. The highest BCUT2D eigenvalue weighted by Crippen LogP contribution is 2.42. The maximum absolute atomic E-state index is 14.0. The van der Waals surface area contributed by atoms with E-state index in [1.165, 1.54) is 16.7 Å². The molecule has 1 aromatic heterocycles. The zero-order valence-corrected chi connectivity index (χ0v) is 16.5. The van der Waals surface area contributed by atoms with E-state index in [1.54, 1.807) is 6.07 Å². The number of carbonyl (C=O) groups excluding carboxylic acids is 1. The number of thiazole rings is 1. The topological polar surface area (TPSA) is 70.5 Å². The van der Waals surface area contributed by atoms with Gasteiger partial charge < -0.3 is 10.0 Å². The van der Waals surface area contributed by atoms with Gasteiger partial charge in [-0.05, 0) is 30.7 Å². The molecule has 10 heteroatoms.